The molecule has 0 aromatic carbocycles. The normalized spacial score (nSPS) is 18.8. The van der Waals surface area contributed by atoms with Crippen LogP contribution in [-0.2, 0) is 6.54 Å². The SMILES string of the molecule is NC(=S)C1CCN(Cc2ccc(Br)s2)CC1. The van der Waals surface area contributed by atoms with Gasteiger partial charge in [-0.1, -0.05) is 12.2 Å². The van der Waals surface area contributed by atoms with Crippen molar-refractivity contribution < 1.29 is 0 Å². The van der Waals surface area contributed by atoms with Gasteiger partial charge in [-0.2, -0.15) is 0 Å². The molecule has 0 bridgehead atoms. The zero-order valence-electron chi connectivity index (χ0n) is 8.99. The highest BCUT2D eigenvalue weighted by Crippen LogP contribution is 2.25. The Labute approximate surface area is 114 Å². The Morgan fingerprint density at radius 3 is 2.69 bits per heavy atom. The Hall–Kier alpha value is 0.0300. The van der Waals surface area contributed by atoms with Crippen LogP contribution in [-0.4, -0.2) is 23.0 Å². The Balaban J connectivity index is 1.83. The first kappa shape index (κ1) is 12.5. The third kappa shape index (κ3) is 3.26. The molecule has 1 aliphatic heterocycles. The molecule has 1 aliphatic rings. The summed E-state index contributed by atoms with van der Waals surface area (Å²) in [5.41, 5.74) is 5.68. The second-order valence-corrected chi connectivity index (χ2v) is 7.18. The van der Waals surface area contributed by atoms with E-state index in [9.17, 15) is 0 Å². The lowest BCUT2D eigenvalue weighted by Gasteiger charge is -2.30. The highest BCUT2D eigenvalue weighted by Gasteiger charge is 2.21. The molecule has 2 rings (SSSR count). The molecule has 5 heteroatoms. The molecular weight excluding hydrogens is 304 g/mol. The Morgan fingerprint density at radius 2 is 2.19 bits per heavy atom. The standard InChI is InChI=1S/C11H15BrN2S2/c12-10-2-1-9(16-10)7-14-5-3-8(4-6-14)11(13)15/h1-2,8H,3-7H2,(H2,13,15). The zero-order chi connectivity index (χ0) is 11.5. The second-order valence-electron chi connectivity index (χ2n) is 4.16. The number of piperidine rings is 1. The highest BCUT2D eigenvalue weighted by molar-refractivity contribution is 9.11. The van der Waals surface area contributed by atoms with Crippen molar-refractivity contribution in [3.8, 4) is 0 Å². The Bertz CT molecular complexity index is 370. The number of hydrogen-bond donors (Lipinski definition) is 1. The second kappa shape index (κ2) is 5.58. The molecule has 1 aromatic rings. The predicted molar refractivity (Wildman–Crippen MR) is 76.8 cm³/mol. The van der Waals surface area contributed by atoms with Gasteiger partial charge in [0.15, 0.2) is 0 Å². The molecule has 1 aromatic heterocycles. The molecule has 88 valence electrons. The minimum atomic E-state index is 0.460. The van der Waals surface area contributed by atoms with Gasteiger partial charge in [0, 0.05) is 17.3 Å². The molecule has 0 unspecified atom stereocenters. The summed E-state index contributed by atoms with van der Waals surface area (Å²) < 4.78 is 1.21. The van der Waals surface area contributed by atoms with Gasteiger partial charge in [0.25, 0.3) is 0 Å². The lowest BCUT2D eigenvalue weighted by atomic mass is 9.97. The summed E-state index contributed by atoms with van der Waals surface area (Å²) in [6, 6.07) is 4.30. The summed E-state index contributed by atoms with van der Waals surface area (Å²) in [6.07, 6.45) is 2.23. The van der Waals surface area contributed by atoms with Crippen LogP contribution in [0.5, 0.6) is 0 Å². The molecule has 2 N–H and O–H groups in total. The van der Waals surface area contributed by atoms with Crippen molar-refractivity contribution in [1.82, 2.24) is 4.90 Å². The van der Waals surface area contributed by atoms with Gasteiger partial charge in [0.05, 0.1) is 8.77 Å². The van der Waals surface area contributed by atoms with Gasteiger partial charge in [-0.15, -0.1) is 11.3 Å². The number of halogens is 1. The number of hydrogen-bond acceptors (Lipinski definition) is 3. The number of nitrogens with zero attached hydrogens (tertiary/aromatic N) is 1. The van der Waals surface area contributed by atoms with Crippen molar-refractivity contribution in [2.75, 3.05) is 13.1 Å². The lowest BCUT2D eigenvalue weighted by molar-refractivity contribution is 0.204. The average molecular weight is 319 g/mol. The first-order valence-electron chi connectivity index (χ1n) is 5.41. The van der Waals surface area contributed by atoms with Gasteiger partial charge in [-0.3, -0.25) is 4.90 Å². The number of likely N-dealkylation sites (tertiary alicyclic amines) is 1. The van der Waals surface area contributed by atoms with Crippen molar-refractivity contribution in [1.29, 1.82) is 0 Å². The van der Waals surface area contributed by atoms with E-state index in [0.29, 0.717) is 10.9 Å². The summed E-state index contributed by atoms with van der Waals surface area (Å²) in [5, 5.41) is 0. The van der Waals surface area contributed by atoms with Crippen LogP contribution in [0.2, 0.25) is 0 Å². The van der Waals surface area contributed by atoms with Gasteiger partial charge < -0.3 is 5.73 Å². The van der Waals surface area contributed by atoms with Crippen molar-refractivity contribution in [2.24, 2.45) is 11.7 Å². The number of thiocarbonyl (C=S) groups is 1. The number of nitrogens with two attached hydrogens (primary N) is 1. The quantitative estimate of drug-likeness (QED) is 0.869. The maximum atomic E-state index is 5.68. The molecule has 1 saturated heterocycles. The van der Waals surface area contributed by atoms with E-state index in [4.69, 9.17) is 18.0 Å². The lowest BCUT2D eigenvalue weighted by Crippen LogP contribution is -2.37. The molecular formula is C11H15BrN2S2. The summed E-state index contributed by atoms with van der Waals surface area (Å²) >= 11 is 10.3. The minimum Gasteiger partial charge on any atom is -0.393 e. The smallest absolute Gasteiger partial charge is 0.0759 e. The molecule has 0 radical (unpaired) electrons. The molecule has 16 heavy (non-hydrogen) atoms. The third-order valence-corrected chi connectivity index (χ3v) is 4.94. The van der Waals surface area contributed by atoms with E-state index >= 15 is 0 Å². The van der Waals surface area contributed by atoms with E-state index in [1.807, 2.05) is 11.3 Å². The maximum absolute atomic E-state index is 5.68. The van der Waals surface area contributed by atoms with E-state index in [1.54, 1.807) is 0 Å². The molecule has 2 heterocycles. The van der Waals surface area contributed by atoms with Gasteiger partial charge in [-0.05, 0) is 54.0 Å². The first-order valence-corrected chi connectivity index (χ1v) is 7.43. The predicted octanol–water partition coefficient (Wildman–Crippen LogP) is 3.01. The van der Waals surface area contributed by atoms with Crippen LogP contribution >= 0.6 is 39.5 Å². The van der Waals surface area contributed by atoms with E-state index in [2.05, 4.69) is 33.0 Å². The fourth-order valence-corrected chi connectivity index (χ4v) is 3.79. The summed E-state index contributed by atoms with van der Waals surface area (Å²) in [6.45, 7) is 3.27. The zero-order valence-corrected chi connectivity index (χ0v) is 12.2. The van der Waals surface area contributed by atoms with Crippen molar-refractivity contribution in [3.05, 3.63) is 20.8 Å². The van der Waals surface area contributed by atoms with Crippen molar-refractivity contribution >= 4 is 44.5 Å². The topological polar surface area (TPSA) is 29.3 Å². The van der Waals surface area contributed by atoms with E-state index in [1.165, 1.54) is 8.66 Å². The van der Waals surface area contributed by atoms with Gasteiger partial charge in [-0.25, -0.2) is 0 Å². The fourth-order valence-electron chi connectivity index (χ4n) is 2.03. The minimum absolute atomic E-state index is 0.460. The van der Waals surface area contributed by atoms with Crippen molar-refractivity contribution in [2.45, 2.75) is 19.4 Å². The van der Waals surface area contributed by atoms with Crippen LogP contribution in [0.3, 0.4) is 0 Å². The summed E-state index contributed by atoms with van der Waals surface area (Å²) in [4.78, 5) is 4.59. The van der Waals surface area contributed by atoms with Crippen LogP contribution in [0.25, 0.3) is 0 Å². The highest BCUT2D eigenvalue weighted by atomic mass is 79.9. The van der Waals surface area contributed by atoms with Crippen molar-refractivity contribution in [3.63, 3.8) is 0 Å². The van der Waals surface area contributed by atoms with Gasteiger partial charge in [0.2, 0.25) is 0 Å². The van der Waals surface area contributed by atoms with Gasteiger partial charge >= 0.3 is 0 Å². The van der Waals surface area contributed by atoms with Crippen LogP contribution in [0.15, 0.2) is 15.9 Å². The van der Waals surface area contributed by atoms with Crippen LogP contribution in [0.4, 0.5) is 0 Å². The van der Waals surface area contributed by atoms with Gasteiger partial charge in [0.1, 0.15) is 0 Å². The fraction of sp³-hybridized carbons (Fsp3) is 0.545. The van der Waals surface area contributed by atoms with Crippen LogP contribution in [0, 0.1) is 5.92 Å². The molecule has 0 aliphatic carbocycles. The monoisotopic (exact) mass is 318 g/mol. The molecule has 0 spiro atoms. The molecule has 2 nitrogen and oxygen atoms in total. The molecule has 0 amide bonds. The Morgan fingerprint density at radius 1 is 1.50 bits per heavy atom. The summed E-state index contributed by atoms with van der Waals surface area (Å²) in [5.74, 6) is 0.460. The Kier molecular flexibility index (Phi) is 4.35. The van der Waals surface area contributed by atoms with E-state index in [0.717, 1.165) is 32.5 Å². The summed E-state index contributed by atoms with van der Waals surface area (Å²) in [7, 11) is 0. The maximum Gasteiger partial charge on any atom is 0.0759 e. The third-order valence-electron chi connectivity index (χ3n) is 3.00. The largest absolute Gasteiger partial charge is 0.393 e. The average Bonchev–Trinajstić information content (AvgIpc) is 2.65. The number of thiophene rings is 1. The molecule has 0 saturated carbocycles. The van der Waals surface area contributed by atoms with Crippen LogP contribution in [0.1, 0.15) is 17.7 Å². The molecule has 0 atom stereocenters. The van der Waals surface area contributed by atoms with E-state index < -0.39 is 0 Å². The molecule has 1 fully saturated rings. The first-order chi connectivity index (χ1) is 7.65. The van der Waals surface area contributed by atoms with Crippen LogP contribution < -0.4 is 5.73 Å². The number of rotatable bonds is 3. The van der Waals surface area contributed by atoms with E-state index in [-0.39, 0.29) is 0 Å².